The Labute approximate surface area is 190 Å². The summed E-state index contributed by atoms with van der Waals surface area (Å²) in [4.78, 5) is 29.5. The van der Waals surface area contributed by atoms with Gasteiger partial charge in [0.2, 0.25) is 5.91 Å². The molecule has 178 valence electrons. The van der Waals surface area contributed by atoms with Crippen LogP contribution in [0.1, 0.15) is 29.4 Å². The van der Waals surface area contributed by atoms with Crippen molar-refractivity contribution in [2.45, 2.75) is 31.4 Å². The lowest BCUT2D eigenvalue weighted by atomic mass is 10.1. The van der Waals surface area contributed by atoms with E-state index < -0.39 is 53.1 Å². The van der Waals surface area contributed by atoms with Crippen LogP contribution in [-0.2, 0) is 23.7 Å². The maximum Gasteiger partial charge on any atom is 0.347 e. The molecule has 0 bridgehead atoms. The van der Waals surface area contributed by atoms with E-state index in [0.717, 1.165) is 22.9 Å². The number of carbonyl (C=O) groups is 1. The number of carbonyl (C=O) groups excluding carboxylic acids is 1. The molecule has 0 fully saturated rings. The minimum absolute atomic E-state index is 0.0342. The van der Waals surface area contributed by atoms with Crippen molar-refractivity contribution in [1.82, 2.24) is 14.9 Å². The molecule has 1 atom stereocenters. The van der Waals surface area contributed by atoms with Crippen LogP contribution in [0, 0.1) is 16.8 Å². The van der Waals surface area contributed by atoms with E-state index in [1.807, 2.05) is 0 Å². The summed E-state index contributed by atoms with van der Waals surface area (Å²) in [5.41, 5.74) is -1.22. The number of hydrogen-bond donors (Lipinski definition) is 2. The molecule has 1 aromatic carbocycles. The van der Waals surface area contributed by atoms with Gasteiger partial charge in [-0.1, -0.05) is 12.1 Å². The van der Waals surface area contributed by atoms with Crippen molar-refractivity contribution in [2.24, 2.45) is 0 Å². The molecule has 1 aliphatic heterocycles. The molecule has 0 unspecified atom stereocenters. The van der Waals surface area contributed by atoms with Crippen molar-refractivity contribution in [1.29, 1.82) is 0 Å². The van der Waals surface area contributed by atoms with Gasteiger partial charge in [0.15, 0.2) is 23.6 Å². The Morgan fingerprint density at radius 1 is 1.24 bits per heavy atom. The number of nitrogens with zero attached hydrogens (tertiary/aromatic N) is 3. The summed E-state index contributed by atoms with van der Waals surface area (Å²) in [6, 6.07) is 6.17. The molecule has 3 aromatic rings. The number of fused-ring (bicyclic) bond motifs is 1. The van der Waals surface area contributed by atoms with E-state index in [1.165, 1.54) is 30.5 Å². The van der Waals surface area contributed by atoms with Gasteiger partial charge in [-0.25, -0.2) is 13.8 Å². The standard InChI is InChI=1S/C22H19F4N5O3/c23-15-5-3-4-13(18(15)24)10-28-20(32)16-8-7-14-11-27-19(21(33)31(14)16)29-12-22(25,26)17-6-1-2-9-30(17)34/h1-6,9,11,16H,7-8,10,12H2,(H,27,29)(H,28,32)/t16-/m0/s1. The van der Waals surface area contributed by atoms with Crippen molar-refractivity contribution in [3.8, 4) is 0 Å². The fourth-order valence-corrected chi connectivity index (χ4v) is 3.79. The molecular formula is C22H19F4N5O3. The highest BCUT2D eigenvalue weighted by atomic mass is 19.3. The second kappa shape index (κ2) is 9.12. The summed E-state index contributed by atoms with van der Waals surface area (Å²) in [7, 11) is 0. The predicted octanol–water partition coefficient (Wildman–Crippen LogP) is 2.16. The van der Waals surface area contributed by atoms with Crippen LogP contribution in [0.2, 0.25) is 0 Å². The molecule has 2 N–H and O–H groups in total. The maximum absolute atomic E-state index is 14.5. The zero-order chi connectivity index (χ0) is 24.5. The number of aromatic nitrogens is 3. The number of pyridine rings is 1. The summed E-state index contributed by atoms with van der Waals surface area (Å²) in [5, 5.41) is 16.4. The quantitative estimate of drug-likeness (QED) is 0.309. The first-order valence-electron chi connectivity index (χ1n) is 10.3. The van der Waals surface area contributed by atoms with E-state index in [0.29, 0.717) is 12.1 Å². The fraction of sp³-hybridized carbons (Fsp3) is 0.273. The molecule has 12 heteroatoms. The zero-order valence-corrected chi connectivity index (χ0v) is 17.6. The van der Waals surface area contributed by atoms with Gasteiger partial charge in [0, 0.05) is 36.1 Å². The average molecular weight is 477 g/mol. The van der Waals surface area contributed by atoms with E-state index in [1.54, 1.807) is 0 Å². The minimum Gasteiger partial charge on any atom is -0.618 e. The van der Waals surface area contributed by atoms with Crippen molar-refractivity contribution in [3.63, 3.8) is 0 Å². The third kappa shape index (κ3) is 4.43. The molecule has 1 amide bonds. The molecule has 1 aliphatic rings. The van der Waals surface area contributed by atoms with E-state index in [-0.39, 0.29) is 23.3 Å². The van der Waals surface area contributed by atoms with Crippen LogP contribution >= 0.6 is 0 Å². The Bertz CT molecular complexity index is 1300. The van der Waals surface area contributed by atoms with Crippen LogP contribution in [0.3, 0.4) is 0 Å². The van der Waals surface area contributed by atoms with E-state index in [2.05, 4.69) is 15.6 Å². The van der Waals surface area contributed by atoms with E-state index >= 15 is 0 Å². The second-order valence-corrected chi connectivity index (χ2v) is 7.73. The van der Waals surface area contributed by atoms with Gasteiger partial charge >= 0.3 is 5.92 Å². The Morgan fingerprint density at radius 3 is 2.79 bits per heavy atom. The highest BCUT2D eigenvalue weighted by Gasteiger charge is 2.40. The van der Waals surface area contributed by atoms with Crippen LogP contribution in [0.4, 0.5) is 23.4 Å². The second-order valence-electron chi connectivity index (χ2n) is 7.73. The van der Waals surface area contributed by atoms with Gasteiger partial charge in [0.1, 0.15) is 6.04 Å². The number of hydrogen-bond acceptors (Lipinski definition) is 5. The molecule has 4 rings (SSSR count). The van der Waals surface area contributed by atoms with E-state index in [9.17, 15) is 32.4 Å². The molecule has 0 radical (unpaired) electrons. The first kappa shape index (κ1) is 23.2. The number of nitrogens with one attached hydrogen (secondary N) is 2. The van der Waals surface area contributed by atoms with Crippen LogP contribution in [0.5, 0.6) is 0 Å². The summed E-state index contributed by atoms with van der Waals surface area (Å²) >= 11 is 0. The van der Waals surface area contributed by atoms with Gasteiger partial charge in [-0.15, -0.1) is 0 Å². The number of halogens is 4. The van der Waals surface area contributed by atoms with E-state index in [4.69, 9.17) is 0 Å². The number of rotatable bonds is 7. The number of anilines is 1. The predicted molar refractivity (Wildman–Crippen MR) is 112 cm³/mol. The highest BCUT2D eigenvalue weighted by Crippen LogP contribution is 2.27. The summed E-state index contributed by atoms with van der Waals surface area (Å²) in [6.45, 7) is -1.37. The Kier molecular flexibility index (Phi) is 6.22. The van der Waals surface area contributed by atoms with Gasteiger partial charge in [0.25, 0.3) is 11.3 Å². The van der Waals surface area contributed by atoms with Gasteiger partial charge in [-0.05, 0) is 25.0 Å². The summed E-state index contributed by atoms with van der Waals surface area (Å²) in [5.74, 6) is -6.75. The third-order valence-corrected chi connectivity index (χ3v) is 5.52. The molecule has 0 saturated heterocycles. The molecule has 3 heterocycles. The maximum atomic E-state index is 14.5. The topological polar surface area (TPSA) is 103 Å². The van der Waals surface area contributed by atoms with Gasteiger partial charge in [-0.2, -0.15) is 13.5 Å². The van der Waals surface area contributed by atoms with Crippen LogP contribution in [0.25, 0.3) is 0 Å². The fourth-order valence-electron chi connectivity index (χ4n) is 3.79. The first-order chi connectivity index (χ1) is 16.2. The normalized spacial score (nSPS) is 15.1. The van der Waals surface area contributed by atoms with Crippen LogP contribution < -0.4 is 20.9 Å². The molecule has 2 aromatic heterocycles. The number of amides is 1. The smallest absolute Gasteiger partial charge is 0.347 e. The van der Waals surface area contributed by atoms with Crippen molar-refractivity contribution < 1.29 is 27.1 Å². The van der Waals surface area contributed by atoms with Gasteiger partial charge in [-0.3, -0.25) is 14.2 Å². The number of aryl methyl sites for hydroxylation is 1. The molecule has 0 aliphatic carbocycles. The molecule has 0 spiro atoms. The SMILES string of the molecule is O=C(NCc1cccc(F)c1F)[C@@H]1CCc2cnc(NCC(F)(F)c3cccc[n+]3[O-])c(=O)n21. The lowest BCUT2D eigenvalue weighted by Gasteiger charge is -2.18. The molecule has 0 saturated carbocycles. The molecule has 8 nitrogen and oxygen atoms in total. The Morgan fingerprint density at radius 2 is 2.03 bits per heavy atom. The van der Waals surface area contributed by atoms with Gasteiger partial charge in [0.05, 0.1) is 6.54 Å². The van der Waals surface area contributed by atoms with Crippen molar-refractivity contribution in [2.75, 3.05) is 11.9 Å². The molecule has 34 heavy (non-hydrogen) atoms. The minimum atomic E-state index is -3.60. The largest absolute Gasteiger partial charge is 0.618 e. The lowest BCUT2D eigenvalue weighted by Crippen LogP contribution is -2.42. The summed E-state index contributed by atoms with van der Waals surface area (Å²) in [6.07, 6.45) is 2.82. The van der Waals surface area contributed by atoms with Crippen LogP contribution in [0.15, 0.2) is 53.6 Å². The Hall–Kier alpha value is -3.96. The van der Waals surface area contributed by atoms with Crippen molar-refractivity contribution >= 4 is 11.7 Å². The number of benzene rings is 1. The third-order valence-electron chi connectivity index (χ3n) is 5.52. The Balaban J connectivity index is 1.50. The first-order valence-corrected chi connectivity index (χ1v) is 10.3. The average Bonchev–Trinajstić information content (AvgIpc) is 3.25. The zero-order valence-electron chi connectivity index (χ0n) is 17.6. The molecular weight excluding hydrogens is 458 g/mol. The number of alkyl halides is 2. The summed E-state index contributed by atoms with van der Waals surface area (Å²) < 4.78 is 57.4. The lowest BCUT2D eigenvalue weighted by molar-refractivity contribution is -0.624. The monoisotopic (exact) mass is 477 g/mol. The van der Waals surface area contributed by atoms with Crippen molar-refractivity contribution in [3.05, 3.63) is 92.9 Å². The van der Waals surface area contributed by atoms with Gasteiger partial charge < -0.3 is 15.8 Å². The highest BCUT2D eigenvalue weighted by molar-refractivity contribution is 5.81. The van der Waals surface area contributed by atoms with Crippen LogP contribution in [-0.4, -0.2) is 22.0 Å².